The zero-order valence-electron chi connectivity index (χ0n) is 15.2. The molecule has 1 aliphatic carbocycles. The normalized spacial score (nSPS) is 16.1. The molecule has 1 atom stereocenters. The first-order chi connectivity index (χ1) is 12.3. The van der Waals surface area contributed by atoms with E-state index in [9.17, 15) is 13.2 Å². The Morgan fingerprint density at radius 2 is 2.00 bits per heavy atom. The molecular weight excluding hydrogens is 388 g/mol. The second kappa shape index (κ2) is 8.29. The molecule has 0 bridgehead atoms. The van der Waals surface area contributed by atoms with Gasteiger partial charge in [0.2, 0.25) is 10.0 Å². The topological polar surface area (TPSA) is 98.5 Å². The van der Waals surface area contributed by atoms with E-state index >= 15 is 0 Å². The van der Waals surface area contributed by atoms with Crippen molar-refractivity contribution in [2.24, 2.45) is 0 Å². The van der Waals surface area contributed by atoms with Crippen LogP contribution in [-0.2, 0) is 21.2 Å². The number of ether oxygens (including phenoxy) is 1. The highest BCUT2D eigenvalue weighted by Gasteiger charge is 2.28. The maximum absolute atomic E-state index is 13.0. The highest BCUT2D eigenvalue weighted by molar-refractivity contribution is 7.89. The van der Waals surface area contributed by atoms with Crippen LogP contribution in [0.5, 0.6) is 0 Å². The Labute approximate surface area is 165 Å². The van der Waals surface area contributed by atoms with Crippen LogP contribution in [0.1, 0.15) is 45.9 Å². The van der Waals surface area contributed by atoms with Crippen LogP contribution in [0.2, 0.25) is 0 Å². The minimum Gasteiger partial charge on any atom is -0.465 e. The number of benzene rings is 2. The first-order valence-electron chi connectivity index (χ1n) is 8.42. The number of nitrogen functional groups attached to an aromatic ring is 1. The average Bonchev–Trinajstić information content (AvgIpc) is 2.60. The molecule has 0 heterocycles. The molecule has 0 amide bonds. The Morgan fingerprint density at radius 1 is 1.26 bits per heavy atom. The standard InChI is InChI=1S/C19H22N2O4S.ClH/c1-12-15(19(22)25-2)6-4-8-18(12)26(23,24)21-17-7-3-5-13-11-14(20)9-10-16(13)17;/h4,6,8-11,17,21H,3,5,7,20H2,1-2H3;1H. The number of esters is 1. The van der Waals surface area contributed by atoms with Gasteiger partial charge in [-0.15, -0.1) is 12.4 Å². The van der Waals surface area contributed by atoms with Crippen molar-refractivity contribution in [3.05, 3.63) is 58.7 Å². The lowest BCUT2D eigenvalue weighted by atomic mass is 9.88. The monoisotopic (exact) mass is 410 g/mol. The molecule has 0 aliphatic heterocycles. The largest absolute Gasteiger partial charge is 0.465 e. The van der Waals surface area contributed by atoms with Gasteiger partial charge in [0, 0.05) is 11.7 Å². The molecule has 6 nitrogen and oxygen atoms in total. The Balaban J connectivity index is 0.00000261. The maximum atomic E-state index is 13.0. The summed E-state index contributed by atoms with van der Waals surface area (Å²) in [6.07, 6.45) is 2.48. The van der Waals surface area contributed by atoms with Gasteiger partial charge in [-0.3, -0.25) is 0 Å². The predicted octanol–water partition coefficient (Wildman–Crippen LogP) is 3.14. The number of nitrogens with one attached hydrogen (secondary N) is 1. The molecule has 0 saturated heterocycles. The molecule has 0 saturated carbocycles. The molecule has 2 aromatic carbocycles. The molecule has 0 spiro atoms. The van der Waals surface area contributed by atoms with Crippen LogP contribution in [0, 0.1) is 6.92 Å². The van der Waals surface area contributed by atoms with Crippen molar-refractivity contribution in [3.63, 3.8) is 0 Å². The summed E-state index contributed by atoms with van der Waals surface area (Å²) in [5.74, 6) is -0.557. The number of carbonyl (C=O) groups is 1. The number of hydrogen-bond donors (Lipinski definition) is 2. The molecular formula is C19H23ClN2O4S. The van der Waals surface area contributed by atoms with E-state index in [1.54, 1.807) is 25.1 Å². The second-order valence-electron chi connectivity index (χ2n) is 6.44. The number of aryl methyl sites for hydroxylation is 1. The van der Waals surface area contributed by atoms with E-state index in [4.69, 9.17) is 10.5 Å². The van der Waals surface area contributed by atoms with Gasteiger partial charge in [0.05, 0.1) is 17.6 Å². The first-order valence-corrected chi connectivity index (χ1v) is 9.90. The third-order valence-electron chi connectivity index (χ3n) is 4.76. The van der Waals surface area contributed by atoms with E-state index in [0.717, 1.165) is 24.0 Å². The molecule has 27 heavy (non-hydrogen) atoms. The van der Waals surface area contributed by atoms with E-state index in [2.05, 4.69) is 4.72 Å². The van der Waals surface area contributed by atoms with Crippen molar-refractivity contribution in [2.75, 3.05) is 12.8 Å². The Kier molecular flexibility index (Phi) is 6.51. The zero-order valence-corrected chi connectivity index (χ0v) is 16.8. The molecule has 3 rings (SSSR count). The second-order valence-corrected chi connectivity index (χ2v) is 8.13. The van der Waals surface area contributed by atoms with Crippen molar-refractivity contribution in [2.45, 2.75) is 37.1 Å². The van der Waals surface area contributed by atoms with Gasteiger partial charge in [-0.05, 0) is 67.1 Å². The number of nitrogens with two attached hydrogens (primary N) is 1. The fourth-order valence-electron chi connectivity index (χ4n) is 3.44. The van der Waals surface area contributed by atoms with Crippen LogP contribution >= 0.6 is 12.4 Å². The quantitative estimate of drug-likeness (QED) is 0.596. The van der Waals surface area contributed by atoms with Gasteiger partial charge in [0.25, 0.3) is 0 Å². The SMILES string of the molecule is COC(=O)c1cccc(S(=O)(=O)NC2CCCc3cc(N)ccc32)c1C.Cl. The summed E-state index contributed by atoms with van der Waals surface area (Å²) in [5, 5.41) is 0. The van der Waals surface area contributed by atoms with Crippen LogP contribution in [0.3, 0.4) is 0 Å². The molecule has 146 valence electrons. The Bertz CT molecular complexity index is 960. The van der Waals surface area contributed by atoms with Crippen molar-refractivity contribution in [3.8, 4) is 0 Å². The molecule has 1 aliphatic rings. The molecule has 0 radical (unpaired) electrons. The summed E-state index contributed by atoms with van der Waals surface area (Å²) in [6, 6.07) is 9.85. The molecule has 8 heteroatoms. The number of rotatable bonds is 4. The van der Waals surface area contributed by atoms with Crippen LogP contribution in [-0.4, -0.2) is 21.5 Å². The van der Waals surface area contributed by atoms with Crippen molar-refractivity contribution >= 4 is 34.1 Å². The molecule has 0 aromatic heterocycles. The van der Waals surface area contributed by atoms with Gasteiger partial charge in [-0.2, -0.15) is 0 Å². The van der Waals surface area contributed by atoms with Crippen molar-refractivity contribution in [1.29, 1.82) is 0 Å². The number of hydrogen-bond acceptors (Lipinski definition) is 5. The number of fused-ring (bicyclic) bond motifs is 1. The Morgan fingerprint density at radius 3 is 2.70 bits per heavy atom. The number of methoxy groups -OCH3 is 1. The van der Waals surface area contributed by atoms with Gasteiger partial charge in [-0.25, -0.2) is 17.9 Å². The molecule has 1 unspecified atom stereocenters. The fraction of sp³-hybridized carbons (Fsp3) is 0.316. The third-order valence-corrected chi connectivity index (χ3v) is 6.37. The smallest absolute Gasteiger partial charge is 0.338 e. The lowest BCUT2D eigenvalue weighted by molar-refractivity contribution is 0.0599. The predicted molar refractivity (Wildman–Crippen MR) is 107 cm³/mol. The van der Waals surface area contributed by atoms with Gasteiger partial charge in [0.1, 0.15) is 0 Å². The van der Waals surface area contributed by atoms with E-state index in [1.165, 1.54) is 13.2 Å². The lowest BCUT2D eigenvalue weighted by Crippen LogP contribution is -2.31. The molecule has 3 N–H and O–H groups in total. The van der Waals surface area contributed by atoms with Crippen LogP contribution in [0.4, 0.5) is 5.69 Å². The van der Waals surface area contributed by atoms with Crippen LogP contribution in [0.15, 0.2) is 41.3 Å². The Hall–Kier alpha value is -2.09. The van der Waals surface area contributed by atoms with Gasteiger partial charge in [-0.1, -0.05) is 12.1 Å². The fourth-order valence-corrected chi connectivity index (χ4v) is 4.96. The summed E-state index contributed by atoms with van der Waals surface area (Å²) in [7, 11) is -2.53. The van der Waals surface area contributed by atoms with Gasteiger partial charge >= 0.3 is 5.97 Å². The lowest BCUT2D eigenvalue weighted by Gasteiger charge is -2.27. The minimum atomic E-state index is -3.80. The first kappa shape index (κ1) is 21.2. The summed E-state index contributed by atoms with van der Waals surface area (Å²) in [6.45, 7) is 1.61. The average molecular weight is 411 g/mol. The minimum absolute atomic E-state index is 0. The van der Waals surface area contributed by atoms with Gasteiger partial charge in [0.15, 0.2) is 0 Å². The third kappa shape index (κ3) is 4.26. The summed E-state index contributed by atoms with van der Waals surface area (Å²) in [5.41, 5.74) is 9.16. The van der Waals surface area contributed by atoms with E-state index < -0.39 is 16.0 Å². The van der Waals surface area contributed by atoms with E-state index in [1.807, 2.05) is 12.1 Å². The van der Waals surface area contributed by atoms with Crippen molar-refractivity contribution in [1.82, 2.24) is 4.72 Å². The number of carbonyl (C=O) groups excluding carboxylic acids is 1. The summed E-state index contributed by atoms with van der Waals surface area (Å²) < 4.78 is 33.5. The molecule has 0 fully saturated rings. The summed E-state index contributed by atoms with van der Waals surface area (Å²) in [4.78, 5) is 11.9. The maximum Gasteiger partial charge on any atom is 0.338 e. The number of halogens is 1. The van der Waals surface area contributed by atoms with Crippen LogP contribution < -0.4 is 10.5 Å². The highest BCUT2D eigenvalue weighted by atomic mass is 35.5. The number of anilines is 1. The number of sulfonamides is 1. The van der Waals surface area contributed by atoms with E-state index in [0.29, 0.717) is 17.7 Å². The van der Waals surface area contributed by atoms with Crippen molar-refractivity contribution < 1.29 is 17.9 Å². The molecule has 2 aromatic rings. The van der Waals surface area contributed by atoms with Crippen LogP contribution in [0.25, 0.3) is 0 Å². The van der Waals surface area contributed by atoms with Gasteiger partial charge < -0.3 is 10.5 Å². The summed E-state index contributed by atoms with van der Waals surface area (Å²) >= 11 is 0. The highest BCUT2D eigenvalue weighted by Crippen LogP contribution is 2.32. The van der Waals surface area contributed by atoms with E-state index in [-0.39, 0.29) is 28.9 Å². The zero-order chi connectivity index (χ0) is 18.9.